The number of amides is 2. The third-order valence-corrected chi connectivity index (χ3v) is 3.92. The SMILES string of the molecule is CCC1NC(=O)C(CC)N(c2ccc(OC)c(C)c2)C1=O. The van der Waals surface area contributed by atoms with Crippen molar-refractivity contribution in [3.05, 3.63) is 23.8 Å². The number of piperazine rings is 1. The lowest BCUT2D eigenvalue weighted by Crippen LogP contribution is -2.63. The fraction of sp³-hybridized carbons (Fsp3) is 0.500. The molecule has 0 aliphatic carbocycles. The van der Waals surface area contributed by atoms with Gasteiger partial charge in [0.25, 0.3) is 0 Å². The highest BCUT2D eigenvalue weighted by Crippen LogP contribution is 2.28. The summed E-state index contributed by atoms with van der Waals surface area (Å²) in [7, 11) is 1.61. The fourth-order valence-electron chi connectivity index (χ4n) is 2.73. The molecule has 0 bridgehead atoms. The molecule has 21 heavy (non-hydrogen) atoms. The van der Waals surface area contributed by atoms with Crippen LogP contribution in [0.25, 0.3) is 0 Å². The van der Waals surface area contributed by atoms with Crippen molar-refractivity contribution in [1.29, 1.82) is 0 Å². The van der Waals surface area contributed by atoms with Crippen LogP contribution in [0.4, 0.5) is 5.69 Å². The lowest BCUT2D eigenvalue weighted by Gasteiger charge is -2.38. The van der Waals surface area contributed by atoms with Crippen LogP contribution in [0.3, 0.4) is 0 Å². The molecule has 2 unspecified atom stereocenters. The third-order valence-electron chi connectivity index (χ3n) is 3.92. The molecule has 5 heteroatoms. The monoisotopic (exact) mass is 290 g/mol. The minimum absolute atomic E-state index is 0.0477. The Morgan fingerprint density at radius 3 is 2.48 bits per heavy atom. The van der Waals surface area contributed by atoms with Crippen molar-refractivity contribution in [2.24, 2.45) is 0 Å². The summed E-state index contributed by atoms with van der Waals surface area (Å²) in [5, 5.41) is 2.80. The maximum absolute atomic E-state index is 12.6. The first-order valence-electron chi connectivity index (χ1n) is 7.31. The van der Waals surface area contributed by atoms with E-state index >= 15 is 0 Å². The summed E-state index contributed by atoms with van der Waals surface area (Å²) in [5.74, 6) is 0.638. The summed E-state index contributed by atoms with van der Waals surface area (Å²) < 4.78 is 5.25. The van der Waals surface area contributed by atoms with E-state index in [1.165, 1.54) is 0 Å². The molecule has 114 valence electrons. The summed E-state index contributed by atoms with van der Waals surface area (Å²) >= 11 is 0. The molecule has 0 spiro atoms. The van der Waals surface area contributed by atoms with Gasteiger partial charge >= 0.3 is 0 Å². The van der Waals surface area contributed by atoms with Crippen LogP contribution in [-0.2, 0) is 9.59 Å². The van der Waals surface area contributed by atoms with Gasteiger partial charge in [-0.1, -0.05) is 13.8 Å². The van der Waals surface area contributed by atoms with E-state index < -0.39 is 12.1 Å². The van der Waals surface area contributed by atoms with Crippen molar-refractivity contribution in [3.8, 4) is 5.75 Å². The van der Waals surface area contributed by atoms with Gasteiger partial charge in [-0.2, -0.15) is 0 Å². The number of rotatable bonds is 4. The Balaban J connectivity index is 2.43. The van der Waals surface area contributed by atoms with Gasteiger partial charge in [-0.05, 0) is 43.5 Å². The molecule has 1 N–H and O–H groups in total. The van der Waals surface area contributed by atoms with E-state index in [1.54, 1.807) is 12.0 Å². The van der Waals surface area contributed by atoms with Crippen LogP contribution in [0, 0.1) is 6.92 Å². The Morgan fingerprint density at radius 1 is 1.24 bits per heavy atom. The molecule has 0 radical (unpaired) electrons. The zero-order valence-corrected chi connectivity index (χ0v) is 13.0. The average molecular weight is 290 g/mol. The highest BCUT2D eigenvalue weighted by atomic mass is 16.5. The minimum atomic E-state index is -0.451. The maximum Gasteiger partial charge on any atom is 0.250 e. The van der Waals surface area contributed by atoms with Crippen LogP contribution in [-0.4, -0.2) is 31.0 Å². The summed E-state index contributed by atoms with van der Waals surface area (Å²) in [6.07, 6.45) is 1.17. The second kappa shape index (κ2) is 6.16. The molecule has 1 heterocycles. The number of nitrogens with zero attached hydrogens (tertiary/aromatic N) is 1. The summed E-state index contributed by atoms with van der Waals surface area (Å²) in [6, 6.07) is 4.66. The molecule has 1 aromatic rings. The van der Waals surface area contributed by atoms with Gasteiger partial charge in [-0.25, -0.2) is 0 Å². The van der Waals surface area contributed by atoms with Crippen molar-refractivity contribution in [3.63, 3.8) is 0 Å². The van der Waals surface area contributed by atoms with E-state index in [0.717, 1.165) is 17.0 Å². The standard InChI is InChI=1S/C16H22N2O3/c1-5-12-16(20)18(13(6-2)15(19)17-12)11-7-8-14(21-4)10(3)9-11/h7-9,12-13H,5-6H2,1-4H3,(H,17,19). The molecule has 2 amide bonds. The number of methoxy groups -OCH3 is 1. The Morgan fingerprint density at radius 2 is 1.95 bits per heavy atom. The van der Waals surface area contributed by atoms with Gasteiger partial charge in [0.1, 0.15) is 17.8 Å². The molecule has 1 saturated heterocycles. The molecule has 1 fully saturated rings. The molecule has 2 atom stereocenters. The average Bonchev–Trinajstić information content (AvgIpc) is 2.48. The van der Waals surface area contributed by atoms with Gasteiger partial charge in [0.15, 0.2) is 0 Å². The van der Waals surface area contributed by atoms with Crippen molar-refractivity contribution in [2.75, 3.05) is 12.0 Å². The first-order chi connectivity index (χ1) is 10.0. The largest absolute Gasteiger partial charge is 0.496 e. The second-order valence-corrected chi connectivity index (χ2v) is 5.26. The van der Waals surface area contributed by atoms with Gasteiger partial charge in [0.05, 0.1) is 7.11 Å². The zero-order valence-electron chi connectivity index (χ0n) is 13.0. The molecule has 2 rings (SSSR count). The van der Waals surface area contributed by atoms with Gasteiger partial charge in [0, 0.05) is 5.69 Å². The van der Waals surface area contributed by atoms with Gasteiger partial charge < -0.3 is 10.1 Å². The van der Waals surface area contributed by atoms with E-state index in [0.29, 0.717) is 12.8 Å². The van der Waals surface area contributed by atoms with Gasteiger partial charge in [0.2, 0.25) is 11.8 Å². The Kier molecular flexibility index (Phi) is 4.50. The Labute approximate surface area is 125 Å². The van der Waals surface area contributed by atoms with Crippen LogP contribution in [0.2, 0.25) is 0 Å². The van der Waals surface area contributed by atoms with Crippen LogP contribution in [0.5, 0.6) is 5.75 Å². The van der Waals surface area contributed by atoms with Crippen molar-refractivity contribution in [1.82, 2.24) is 5.32 Å². The first-order valence-corrected chi connectivity index (χ1v) is 7.31. The van der Waals surface area contributed by atoms with E-state index in [2.05, 4.69) is 5.32 Å². The molecular formula is C16H22N2O3. The number of hydrogen-bond acceptors (Lipinski definition) is 3. The van der Waals surface area contributed by atoms with Crippen molar-refractivity contribution in [2.45, 2.75) is 45.7 Å². The predicted octanol–water partition coefficient (Wildman–Crippen LogP) is 2.02. The fourth-order valence-corrected chi connectivity index (χ4v) is 2.73. The third kappa shape index (κ3) is 2.73. The van der Waals surface area contributed by atoms with E-state index in [1.807, 2.05) is 39.0 Å². The lowest BCUT2D eigenvalue weighted by molar-refractivity contribution is -0.134. The number of aryl methyl sites for hydroxylation is 1. The Hall–Kier alpha value is -2.04. The molecule has 1 aromatic carbocycles. The smallest absolute Gasteiger partial charge is 0.250 e. The summed E-state index contributed by atoms with van der Waals surface area (Å²) in [4.78, 5) is 26.4. The number of hydrogen-bond donors (Lipinski definition) is 1. The minimum Gasteiger partial charge on any atom is -0.496 e. The topological polar surface area (TPSA) is 58.6 Å². The molecule has 0 saturated carbocycles. The zero-order chi connectivity index (χ0) is 15.6. The lowest BCUT2D eigenvalue weighted by atomic mass is 10.0. The highest BCUT2D eigenvalue weighted by Gasteiger charge is 2.39. The number of carbonyl (C=O) groups is 2. The molecule has 1 aliphatic rings. The van der Waals surface area contributed by atoms with Crippen LogP contribution < -0.4 is 15.0 Å². The molecule has 0 aromatic heterocycles. The number of anilines is 1. The van der Waals surface area contributed by atoms with E-state index in [-0.39, 0.29) is 11.8 Å². The van der Waals surface area contributed by atoms with Crippen LogP contribution in [0.15, 0.2) is 18.2 Å². The Bertz CT molecular complexity index is 556. The van der Waals surface area contributed by atoms with Crippen LogP contribution >= 0.6 is 0 Å². The van der Waals surface area contributed by atoms with Crippen molar-refractivity contribution < 1.29 is 14.3 Å². The van der Waals surface area contributed by atoms with Crippen LogP contribution in [0.1, 0.15) is 32.3 Å². The number of benzene rings is 1. The normalized spacial score (nSPS) is 22.2. The molecule has 1 aliphatic heterocycles. The number of ether oxygens (including phenoxy) is 1. The first kappa shape index (κ1) is 15.4. The quantitative estimate of drug-likeness (QED) is 0.923. The van der Waals surface area contributed by atoms with E-state index in [9.17, 15) is 9.59 Å². The molecule has 5 nitrogen and oxygen atoms in total. The maximum atomic E-state index is 12.6. The summed E-state index contributed by atoms with van der Waals surface area (Å²) in [6.45, 7) is 5.73. The number of nitrogens with one attached hydrogen (secondary N) is 1. The number of carbonyl (C=O) groups excluding carboxylic acids is 2. The van der Waals surface area contributed by atoms with Crippen molar-refractivity contribution >= 4 is 17.5 Å². The molecular weight excluding hydrogens is 268 g/mol. The summed E-state index contributed by atoms with van der Waals surface area (Å²) in [5.41, 5.74) is 1.69. The van der Waals surface area contributed by atoms with Gasteiger partial charge in [-0.15, -0.1) is 0 Å². The predicted molar refractivity (Wildman–Crippen MR) is 81.5 cm³/mol. The second-order valence-electron chi connectivity index (χ2n) is 5.26. The highest BCUT2D eigenvalue weighted by molar-refractivity contribution is 6.08. The van der Waals surface area contributed by atoms with E-state index in [4.69, 9.17) is 4.74 Å². The van der Waals surface area contributed by atoms with Gasteiger partial charge in [-0.3, -0.25) is 14.5 Å².